The number of carbonyl (C=O) groups excluding carboxylic acids is 1. The molecule has 92 valence electrons. The van der Waals surface area contributed by atoms with E-state index in [9.17, 15) is 9.18 Å². The number of benzene rings is 1. The summed E-state index contributed by atoms with van der Waals surface area (Å²) < 4.78 is 12.7. The molecule has 1 aliphatic rings. The van der Waals surface area contributed by atoms with Gasteiger partial charge in [-0.1, -0.05) is 25.0 Å². The monoisotopic (exact) mass is 235 g/mol. The Morgan fingerprint density at radius 1 is 1.29 bits per heavy atom. The number of likely N-dealkylation sites (N-methyl/N-ethyl adjacent to an activating group) is 1. The fourth-order valence-electron chi connectivity index (χ4n) is 2.40. The van der Waals surface area contributed by atoms with Crippen molar-refractivity contribution in [2.24, 2.45) is 0 Å². The molecule has 2 nitrogen and oxygen atoms in total. The van der Waals surface area contributed by atoms with Gasteiger partial charge in [-0.05, 0) is 30.5 Å². The highest BCUT2D eigenvalue weighted by molar-refractivity contribution is 5.78. The maximum Gasteiger partial charge on any atom is 0.226 e. The molecule has 0 radical (unpaired) electrons. The van der Waals surface area contributed by atoms with Crippen LogP contribution in [0.4, 0.5) is 4.39 Å². The topological polar surface area (TPSA) is 20.3 Å². The van der Waals surface area contributed by atoms with Crippen molar-refractivity contribution in [3.63, 3.8) is 0 Å². The van der Waals surface area contributed by atoms with E-state index in [4.69, 9.17) is 0 Å². The Morgan fingerprint density at radius 3 is 2.47 bits per heavy atom. The molecule has 1 aromatic rings. The summed E-state index contributed by atoms with van der Waals surface area (Å²) in [5, 5.41) is 0. The SMILES string of the molecule is CN(C(=O)Cc1ccc(F)cc1)C1CCCC1. The first-order valence-electron chi connectivity index (χ1n) is 6.17. The Bertz CT molecular complexity index is 382. The molecule has 0 aliphatic heterocycles. The zero-order valence-electron chi connectivity index (χ0n) is 10.2. The summed E-state index contributed by atoms with van der Waals surface area (Å²) >= 11 is 0. The van der Waals surface area contributed by atoms with Crippen LogP contribution in [0, 0.1) is 5.82 Å². The maximum absolute atomic E-state index is 12.7. The quantitative estimate of drug-likeness (QED) is 0.789. The van der Waals surface area contributed by atoms with Gasteiger partial charge >= 0.3 is 0 Å². The standard InChI is InChI=1S/C14H18FNO/c1-16(13-4-2-3-5-13)14(17)10-11-6-8-12(15)9-7-11/h6-9,13H,2-5,10H2,1H3. The van der Waals surface area contributed by atoms with E-state index in [2.05, 4.69) is 0 Å². The average Bonchev–Trinajstić information content (AvgIpc) is 2.84. The van der Waals surface area contributed by atoms with E-state index in [1.54, 1.807) is 12.1 Å². The number of hydrogen-bond donors (Lipinski definition) is 0. The Kier molecular flexibility index (Phi) is 3.77. The number of carbonyl (C=O) groups is 1. The van der Waals surface area contributed by atoms with Gasteiger partial charge < -0.3 is 4.90 Å². The van der Waals surface area contributed by atoms with E-state index in [-0.39, 0.29) is 11.7 Å². The van der Waals surface area contributed by atoms with Gasteiger partial charge in [-0.2, -0.15) is 0 Å². The van der Waals surface area contributed by atoms with Crippen molar-refractivity contribution >= 4 is 5.91 Å². The zero-order chi connectivity index (χ0) is 12.3. The van der Waals surface area contributed by atoms with Gasteiger partial charge in [-0.3, -0.25) is 4.79 Å². The van der Waals surface area contributed by atoms with E-state index in [1.807, 2.05) is 11.9 Å². The molecule has 1 saturated carbocycles. The average molecular weight is 235 g/mol. The number of halogens is 1. The van der Waals surface area contributed by atoms with E-state index in [0.29, 0.717) is 12.5 Å². The summed E-state index contributed by atoms with van der Waals surface area (Å²) in [6.45, 7) is 0. The maximum atomic E-state index is 12.7. The van der Waals surface area contributed by atoms with Crippen molar-refractivity contribution in [1.29, 1.82) is 0 Å². The molecule has 2 rings (SSSR count). The molecule has 0 spiro atoms. The van der Waals surface area contributed by atoms with Crippen molar-refractivity contribution in [2.75, 3.05) is 7.05 Å². The normalized spacial score (nSPS) is 16.1. The summed E-state index contributed by atoms with van der Waals surface area (Å²) in [6.07, 6.45) is 5.04. The van der Waals surface area contributed by atoms with Gasteiger partial charge in [-0.15, -0.1) is 0 Å². The molecule has 17 heavy (non-hydrogen) atoms. The first-order chi connectivity index (χ1) is 8.16. The van der Waals surface area contributed by atoms with E-state index >= 15 is 0 Å². The van der Waals surface area contributed by atoms with Crippen molar-refractivity contribution in [1.82, 2.24) is 4.90 Å². The van der Waals surface area contributed by atoms with E-state index < -0.39 is 0 Å². The highest BCUT2D eigenvalue weighted by Gasteiger charge is 2.23. The third kappa shape index (κ3) is 3.05. The lowest BCUT2D eigenvalue weighted by atomic mass is 10.1. The Morgan fingerprint density at radius 2 is 1.88 bits per heavy atom. The molecular formula is C14H18FNO. The number of amides is 1. The number of hydrogen-bond acceptors (Lipinski definition) is 1. The van der Waals surface area contributed by atoms with Crippen molar-refractivity contribution in [3.8, 4) is 0 Å². The summed E-state index contributed by atoms with van der Waals surface area (Å²) in [5.74, 6) is -0.131. The van der Waals surface area contributed by atoms with Crippen molar-refractivity contribution in [3.05, 3.63) is 35.6 Å². The molecule has 1 aromatic carbocycles. The molecule has 1 amide bonds. The summed E-state index contributed by atoms with van der Waals surface area (Å²) in [5.41, 5.74) is 0.876. The smallest absolute Gasteiger partial charge is 0.226 e. The van der Waals surface area contributed by atoms with E-state index in [0.717, 1.165) is 18.4 Å². The zero-order valence-corrected chi connectivity index (χ0v) is 10.2. The van der Waals surface area contributed by atoms with Crippen LogP contribution in [-0.4, -0.2) is 23.9 Å². The largest absolute Gasteiger partial charge is 0.342 e. The van der Waals surface area contributed by atoms with Crippen LogP contribution < -0.4 is 0 Å². The lowest BCUT2D eigenvalue weighted by Crippen LogP contribution is -2.36. The van der Waals surface area contributed by atoms with Gasteiger partial charge in [0.05, 0.1) is 6.42 Å². The predicted octanol–water partition coefficient (Wildman–Crippen LogP) is 2.77. The van der Waals surface area contributed by atoms with Crippen molar-refractivity contribution < 1.29 is 9.18 Å². The second-order valence-electron chi connectivity index (χ2n) is 4.75. The van der Waals surface area contributed by atoms with Gasteiger partial charge in [0, 0.05) is 13.1 Å². The van der Waals surface area contributed by atoms with Crippen LogP contribution in [0.3, 0.4) is 0 Å². The van der Waals surface area contributed by atoms with Crippen LogP contribution in [0.1, 0.15) is 31.2 Å². The van der Waals surface area contributed by atoms with Crippen LogP contribution >= 0.6 is 0 Å². The van der Waals surface area contributed by atoms with Crippen LogP contribution in [0.5, 0.6) is 0 Å². The molecule has 0 aromatic heterocycles. The molecule has 1 aliphatic carbocycles. The van der Waals surface area contributed by atoms with Crippen LogP contribution in [-0.2, 0) is 11.2 Å². The molecular weight excluding hydrogens is 217 g/mol. The third-order valence-corrected chi connectivity index (χ3v) is 3.53. The first kappa shape index (κ1) is 12.1. The van der Waals surface area contributed by atoms with Crippen LogP contribution in [0.15, 0.2) is 24.3 Å². The Labute approximate surface area is 101 Å². The summed E-state index contributed by atoms with van der Waals surface area (Å²) in [6, 6.07) is 6.56. The molecule has 0 saturated heterocycles. The fourth-order valence-corrected chi connectivity index (χ4v) is 2.40. The first-order valence-corrected chi connectivity index (χ1v) is 6.17. The molecule has 0 bridgehead atoms. The molecule has 1 fully saturated rings. The molecule has 0 heterocycles. The highest BCUT2D eigenvalue weighted by Crippen LogP contribution is 2.22. The predicted molar refractivity (Wildman–Crippen MR) is 65.1 cm³/mol. The number of nitrogens with zero attached hydrogens (tertiary/aromatic N) is 1. The minimum absolute atomic E-state index is 0.128. The van der Waals surface area contributed by atoms with Gasteiger partial charge in [0.15, 0.2) is 0 Å². The van der Waals surface area contributed by atoms with Gasteiger partial charge in [0.25, 0.3) is 0 Å². The minimum Gasteiger partial charge on any atom is -0.342 e. The Hall–Kier alpha value is -1.38. The lowest BCUT2D eigenvalue weighted by molar-refractivity contribution is -0.131. The van der Waals surface area contributed by atoms with Crippen molar-refractivity contribution in [2.45, 2.75) is 38.1 Å². The van der Waals surface area contributed by atoms with Gasteiger partial charge in [-0.25, -0.2) is 4.39 Å². The Balaban J connectivity index is 1.93. The van der Waals surface area contributed by atoms with Gasteiger partial charge in [0.1, 0.15) is 5.82 Å². The fraction of sp³-hybridized carbons (Fsp3) is 0.500. The minimum atomic E-state index is -0.259. The van der Waals surface area contributed by atoms with E-state index in [1.165, 1.54) is 25.0 Å². The molecule has 0 N–H and O–H groups in total. The summed E-state index contributed by atoms with van der Waals surface area (Å²) in [4.78, 5) is 13.9. The summed E-state index contributed by atoms with van der Waals surface area (Å²) in [7, 11) is 1.88. The lowest BCUT2D eigenvalue weighted by Gasteiger charge is -2.24. The molecule has 0 atom stereocenters. The van der Waals surface area contributed by atoms with Crippen LogP contribution in [0.25, 0.3) is 0 Å². The number of rotatable bonds is 3. The second-order valence-corrected chi connectivity index (χ2v) is 4.75. The molecule has 0 unspecified atom stereocenters. The molecule has 3 heteroatoms. The second kappa shape index (κ2) is 5.30. The highest BCUT2D eigenvalue weighted by atomic mass is 19.1. The third-order valence-electron chi connectivity index (χ3n) is 3.53. The van der Waals surface area contributed by atoms with Crippen LogP contribution in [0.2, 0.25) is 0 Å². The van der Waals surface area contributed by atoms with Gasteiger partial charge in [0.2, 0.25) is 5.91 Å².